The molecule has 2 heterocycles. The van der Waals surface area contributed by atoms with E-state index in [4.69, 9.17) is 0 Å². The number of aromatic amines is 1. The number of imidazole rings is 1. The molecule has 4 N–H and O–H groups in total. The monoisotopic (exact) mass is 363 g/mol. The molecule has 0 saturated heterocycles. The lowest BCUT2D eigenvalue weighted by Crippen LogP contribution is -2.41. The number of aromatic nitrogens is 2. The van der Waals surface area contributed by atoms with E-state index in [1.165, 1.54) is 0 Å². The van der Waals surface area contributed by atoms with Crippen molar-refractivity contribution < 1.29 is 15.1 Å². The number of hydroxylamine groups is 2. The van der Waals surface area contributed by atoms with Gasteiger partial charge >= 0.3 is 0 Å². The van der Waals surface area contributed by atoms with Gasteiger partial charge in [0.05, 0.1) is 24.0 Å². The van der Waals surface area contributed by atoms with Gasteiger partial charge in [-0.1, -0.05) is 36.4 Å². The van der Waals surface area contributed by atoms with Crippen molar-refractivity contribution in [2.75, 3.05) is 6.61 Å². The Labute approximate surface area is 154 Å². The van der Waals surface area contributed by atoms with E-state index in [0.29, 0.717) is 5.56 Å². The Morgan fingerprint density at radius 1 is 1.19 bits per heavy atom. The normalized spacial score (nSPS) is 16.4. The van der Waals surface area contributed by atoms with E-state index in [0.717, 1.165) is 21.7 Å². The topological polar surface area (TPSA) is 114 Å². The van der Waals surface area contributed by atoms with Gasteiger partial charge in [-0.3, -0.25) is 15.3 Å². The molecule has 1 atom stereocenters. The molecule has 136 valence electrons. The van der Waals surface area contributed by atoms with Gasteiger partial charge in [0.15, 0.2) is 0 Å². The second kappa shape index (κ2) is 7.02. The van der Waals surface area contributed by atoms with Crippen molar-refractivity contribution in [1.82, 2.24) is 20.3 Å². The Bertz CT molecular complexity index is 1040. The van der Waals surface area contributed by atoms with Crippen LogP contribution in [0.2, 0.25) is 0 Å². The summed E-state index contributed by atoms with van der Waals surface area (Å²) in [6.07, 6.45) is 3.21. The number of fused-ring (bicyclic) bond motifs is 1. The van der Waals surface area contributed by atoms with Crippen molar-refractivity contribution in [2.24, 2.45) is 4.99 Å². The second-order valence-corrected chi connectivity index (χ2v) is 6.05. The first kappa shape index (κ1) is 17.0. The molecule has 1 aliphatic heterocycles. The number of aliphatic imine (C=N–C) groups is 1. The Morgan fingerprint density at radius 2 is 2.00 bits per heavy atom. The highest BCUT2D eigenvalue weighted by molar-refractivity contribution is 6.13. The molecular formula is C19H17N5O3. The van der Waals surface area contributed by atoms with Crippen LogP contribution in [0.4, 0.5) is 0 Å². The SMILES string of the molecule is O=C1NC(N(O)[C@@H](CO)c2ccccc2)=N/C1=C\c1ccc2[nH]cnc2c1. The molecular weight excluding hydrogens is 346 g/mol. The fraction of sp³-hybridized carbons (Fsp3) is 0.105. The third-order valence-corrected chi connectivity index (χ3v) is 4.30. The van der Waals surface area contributed by atoms with Crippen LogP contribution in [0.5, 0.6) is 0 Å². The standard InChI is InChI=1S/C19H17N5O3/c25-10-17(13-4-2-1-3-5-13)24(27)19-22-16(18(26)23-19)9-12-6-7-14-15(8-12)21-11-20-14/h1-9,11,17,25,27H,10H2,(H,20,21)(H,22,23,26)/b16-9-/t17-/m0/s1. The first-order valence-electron chi connectivity index (χ1n) is 8.34. The lowest BCUT2D eigenvalue weighted by atomic mass is 10.1. The number of nitrogens with zero attached hydrogens (tertiary/aromatic N) is 3. The van der Waals surface area contributed by atoms with Crippen LogP contribution in [0, 0.1) is 0 Å². The zero-order valence-electron chi connectivity index (χ0n) is 14.2. The van der Waals surface area contributed by atoms with Crippen LogP contribution in [-0.2, 0) is 4.79 Å². The summed E-state index contributed by atoms with van der Waals surface area (Å²) in [7, 11) is 0. The third-order valence-electron chi connectivity index (χ3n) is 4.30. The fourth-order valence-corrected chi connectivity index (χ4v) is 2.91. The lowest BCUT2D eigenvalue weighted by molar-refractivity contribution is -0.116. The van der Waals surface area contributed by atoms with Gasteiger partial charge in [0, 0.05) is 0 Å². The molecule has 0 fully saturated rings. The molecule has 1 amide bonds. The summed E-state index contributed by atoms with van der Waals surface area (Å²) in [6, 6.07) is 13.8. The van der Waals surface area contributed by atoms with E-state index < -0.39 is 11.9 Å². The number of rotatable bonds is 4. The summed E-state index contributed by atoms with van der Waals surface area (Å²) in [5.41, 5.74) is 3.29. The van der Waals surface area contributed by atoms with E-state index in [9.17, 15) is 15.1 Å². The highest BCUT2D eigenvalue weighted by atomic mass is 16.5. The predicted molar refractivity (Wildman–Crippen MR) is 99.5 cm³/mol. The summed E-state index contributed by atoms with van der Waals surface area (Å²) < 4.78 is 0. The number of aliphatic hydroxyl groups is 1. The average molecular weight is 363 g/mol. The van der Waals surface area contributed by atoms with E-state index >= 15 is 0 Å². The Morgan fingerprint density at radius 3 is 2.78 bits per heavy atom. The molecule has 0 saturated carbocycles. The van der Waals surface area contributed by atoms with Gasteiger partial charge in [-0.25, -0.2) is 15.0 Å². The minimum Gasteiger partial charge on any atom is -0.394 e. The van der Waals surface area contributed by atoms with Crippen LogP contribution in [0.15, 0.2) is 65.5 Å². The number of nitrogens with one attached hydrogen (secondary N) is 2. The number of hydrogen-bond acceptors (Lipinski definition) is 6. The summed E-state index contributed by atoms with van der Waals surface area (Å²) in [5.74, 6) is -0.467. The van der Waals surface area contributed by atoms with Gasteiger partial charge in [-0.05, 0) is 29.3 Å². The first-order chi connectivity index (χ1) is 13.2. The first-order valence-corrected chi connectivity index (χ1v) is 8.34. The van der Waals surface area contributed by atoms with Gasteiger partial charge in [0.1, 0.15) is 11.7 Å². The Kier molecular flexibility index (Phi) is 4.41. The number of carbonyl (C=O) groups is 1. The minimum absolute atomic E-state index is 0.0324. The van der Waals surface area contributed by atoms with Crippen LogP contribution in [-0.4, -0.2) is 43.8 Å². The molecule has 0 spiro atoms. The van der Waals surface area contributed by atoms with Crippen molar-refractivity contribution in [3.8, 4) is 0 Å². The molecule has 0 bridgehead atoms. The number of hydrogen-bond donors (Lipinski definition) is 4. The van der Waals surface area contributed by atoms with Crippen molar-refractivity contribution >= 4 is 29.0 Å². The van der Waals surface area contributed by atoms with Gasteiger partial charge in [0.25, 0.3) is 5.91 Å². The highest BCUT2D eigenvalue weighted by Crippen LogP contribution is 2.22. The van der Waals surface area contributed by atoms with Crippen LogP contribution in [0.3, 0.4) is 0 Å². The molecule has 8 nitrogen and oxygen atoms in total. The third kappa shape index (κ3) is 3.31. The lowest BCUT2D eigenvalue weighted by Gasteiger charge is -2.25. The molecule has 2 aromatic carbocycles. The number of benzene rings is 2. The van der Waals surface area contributed by atoms with Crippen LogP contribution >= 0.6 is 0 Å². The van der Waals surface area contributed by atoms with Crippen molar-refractivity contribution in [3.05, 3.63) is 71.7 Å². The van der Waals surface area contributed by atoms with Crippen molar-refractivity contribution in [3.63, 3.8) is 0 Å². The predicted octanol–water partition coefficient (Wildman–Crippen LogP) is 1.81. The fourth-order valence-electron chi connectivity index (χ4n) is 2.91. The maximum Gasteiger partial charge on any atom is 0.276 e. The number of aliphatic hydroxyl groups excluding tert-OH is 1. The zero-order valence-corrected chi connectivity index (χ0v) is 14.2. The largest absolute Gasteiger partial charge is 0.394 e. The minimum atomic E-state index is -0.745. The van der Waals surface area contributed by atoms with E-state index in [-0.39, 0.29) is 18.3 Å². The Balaban J connectivity index is 1.61. The average Bonchev–Trinajstić information content (AvgIpc) is 3.29. The number of guanidine groups is 1. The van der Waals surface area contributed by atoms with E-state index in [1.54, 1.807) is 36.7 Å². The molecule has 3 aromatic rings. The van der Waals surface area contributed by atoms with Crippen LogP contribution < -0.4 is 5.32 Å². The van der Waals surface area contributed by atoms with E-state index in [1.807, 2.05) is 24.3 Å². The smallest absolute Gasteiger partial charge is 0.276 e. The molecule has 1 aromatic heterocycles. The molecule has 1 aliphatic rings. The van der Waals surface area contributed by atoms with Crippen LogP contribution in [0.25, 0.3) is 17.1 Å². The van der Waals surface area contributed by atoms with Gasteiger partial charge < -0.3 is 10.1 Å². The second-order valence-electron chi connectivity index (χ2n) is 6.05. The number of amides is 1. The van der Waals surface area contributed by atoms with Crippen molar-refractivity contribution in [2.45, 2.75) is 6.04 Å². The number of H-pyrrole nitrogens is 1. The molecule has 0 aliphatic carbocycles. The Hall–Kier alpha value is -3.49. The van der Waals surface area contributed by atoms with Gasteiger partial charge in [-0.2, -0.15) is 0 Å². The quantitative estimate of drug-likeness (QED) is 0.417. The molecule has 0 unspecified atom stereocenters. The summed E-state index contributed by atoms with van der Waals surface area (Å²) in [6.45, 7) is -0.343. The number of carbonyl (C=O) groups excluding carboxylic acids is 1. The summed E-state index contributed by atoms with van der Waals surface area (Å²) in [4.78, 5) is 23.6. The van der Waals surface area contributed by atoms with E-state index in [2.05, 4.69) is 20.3 Å². The van der Waals surface area contributed by atoms with Crippen molar-refractivity contribution in [1.29, 1.82) is 0 Å². The molecule has 8 heteroatoms. The summed E-state index contributed by atoms with van der Waals surface area (Å²) >= 11 is 0. The molecule has 4 rings (SSSR count). The molecule has 0 radical (unpaired) electrons. The maximum absolute atomic E-state index is 12.2. The van der Waals surface area contributed by atoms with Gasteiger partial charge in [-0.15, -0.1) is 0 Å². The molecule has 27 heavy (non-hydrogen) atoms. The zero-order chi connectivity index (χ0) is 18.8. The maximum atomic E-state index is 12.2. The van der Waals surface area contributed by atoms with Gasteiger partial charge in [0.2, 0.25) is 5.96 Å². The van der Waals surface area contributed by atoms with Crippen LogP contribution in [0.1, 0.15) is 17.2 Å². The highest BCUT2D eigenvalue weighted by Gasteiger charge is 2.29. The summed E-state index contributed by atoms with van der Waals surface area (Å²) in [5, 5.41) is 23.4.